The fourth-order valence-corrected chi connectivity index (χ4v) is 2.22. The molecule has 1 saturated heterocycles. The van der Waals surface area contributed by atoms with Crippen molar-refractivity contribution in [1.29, 1.82) is 0 Å². The molecule has 0 aromatic heterocycles. The van der Waals surface area contributed by atoms with Gasteiger partial charge in [0.15, 0.2) is 0 Å². The van der Waals surface area contributed by atoms with E-state index in [0.717, 1.165) is 38.4 Å². The van der Waals surface area contributed by atoms with Crippen molar-refractivity contribution in [2.24, 2.45) is 5.84 Å². The molecular formula is C14H22N4O2. The summed E-state index contributed by atoms with van der Waals surface area (Å²) in [4.78, 5) is 14.4. The van der Waals surface area contributed by atoms with Gasteiger partial charge in [0, 0.05) is 26.2 Å². The van der Waals surface area contributed by atoms with E-state index in [1.807, 2.05) is 25.1 Å². The van der Waals surface area contributed by atoms with Gasteiger partial charge in [-0.25, -0.2) is 0 Å². The number of anilines is 1. The maximum atomic E-state index is 12.2. The minimum Gasteiger partial charge on any atom is -0.379 e. The van der Waals surface area contributed by atoms with Crippen LogP contribution in [-0.4, -0.2) is 50.2 Å². The summed E-state index contributed by atoms with van der Waals surface area (Å²) >= 11 is 0. The molecule has 0 unspecified atom stereocenters. The van der Waals surface area contributed by atoms with E-state index >= 15 is 0 Å². The Morgan fingerprint density at radius 2 is 2.15 bits per heavy atom. The van der Waals surface area contributed by atoms with Crippen LogP contribution in [0.2, 0.25) is 0 Å². The minimum atomic E-state index is -0.102. The first-order chi connectivity index (χ1) is 9.70. The SMILES string of the molecule is Cc1ccc(NN)c(C(=O)NCCN2CCOCC2)c1. The molecule has 1 heterocycles. The molecule has 20 heavy (non-hydrogen) atoms. The maximum absolute atomic E-state index is 12.2. The summed E-state index contributed by atoms with van der Waals surface area (Å²) in [7, 11) is 0. The van der Waals surface area contributed by atoms with Gasteiger partial charge in [-0.05, 0) is 19.1 Å². The van der Waals surface area contributed by atoms with Gasteiger partial charge in [0.2, 0.25) is 0 Å². The molecule has 1 aliphatic heterocycles. The Labute approximate surface area is 119 Å². The Bertz CT molecular complexity index is 458. The third-order valence-electron chi connectivity index (χ3n) is 3.39. The number of nitrogens with two attached hydrogens (primary N) is 1. The minimum absolute atomic E-state index is 0.102. The number of morpholine rings is 1. The molecule has 0 saturated carbocycles. The monoisotopic (exact) mass is 278 g/mol. The number of nitrogen functional groups attached to an aromatic ring is 1. The van der Waals surface area contributed by atoms with E-state index in [0.29, 0.717) is 17.8 Å². The van der Waals surface area contributed by atoms with Crippen molar-refractivity contribution >= 4 is 11.6 Å². The Balaban J connectivity index is 1.86. The Kier molecular flexibility index (Phi) is 5.34. The highest BCUT2D eigenvalue weighted by Crippen LogP contribution is 2.15. The summed E-state index contributed by atoms with van der Waals surface area (Å²) < 4.78 is 5.29. The second-order valence-electron chi connectivity index (χ2n) is 4.90. The maximum Gasteiger partial charge on any atom is 0.253 e. The van der Waals surface area contributed by atoms with Crippen molar-refractivity contribution in [3.8, 4) is 0 Å². The number of ether oxygens (including phenoxy) is 1. The topological polar surface area (TPSA) is 79.6 Å². The molecule has 0 spiro atoms. The molecule has 6 nitrogen and oxygen atoms in total. The lowest BCUT2D eigenvalue weighted by atomic mass is 10.1. The summed E-state index contributed by atoms with van der Waals surface area (Å²) in [5, 5.41) is 2.93. The molecular weight excluding hydrogens is 256 g/mol. The molecule has 1 aromatic rings. The molecule has 110 valence electrons. The first kappa shape index (κ1) is 14.8. The van der Waals surface area contributed by atoms with Crippen molar-refractivity contribution in [3.63, 3.8) is 0 Å². The number of hydrogen-bond donors (Lipinski definition) is 3. The average Bonchev–Trinajstić information content (AvgIpc) is 2.48. The Hall–Kier alpha value is -1.63. The highest BCUT2D eigenvalue weighted by Gasteiger charge is 2.13. The molecule has 6 heteroatoms. The molecule has 4 N–H and O–H groups in total. The van der Waals surface area contributed by atoms with Crippen molar-refractivity contribution < 1.29 is 9.53 Å². The van der Waals surface area contributed by atoms with E-state index in [1.54, 1.807) is 0 Å². The number of rotatable bonds is 5. The number of hydrazine groups is 1. The van der Waals surface area contributed by atoms with Gasteiger partial charge in [0.25, 0.3) is 5.91 Å². The van der Waals surface area contributed by atoms with Gasteiger partial charge in [0.05, 0.1) is 24.5 Å². The van der Waals surface area contributed by atoms with Crippen molar-refractivity contribution in [2.75, 3.05) is 44.8 Å². The van der Waals surface area contributed by atoms with E-state index in [-0.39, 0.29) is 5.91 Å². The highest BCUT2D eigenvalue weighted by atomic mass is 16.5. The van der Waals surface area contributed by atoms with Crippen LogP contribution in [0.4, 0.5) is 5.69 Å². The Morgan fingerprint density at radius 1 is 1.40 bits per heavy atom. The van der Waals surface area contributed by atoms with E-state index in [9.17, 15) is 4.79 Å². The lowest BCUT2D eigenvalue weighted by Gasteiger charge is -2.26. The molecule has 1 aromatic carbocycles. The Morgan fingerprint density at radius 3 is 2.85 bits per heavy atom. The standard InChI is InChI=1S/C14H22N4O2/c1-11-2-3-13(17-15)12(10-11)14(19)16-4-5-18-6-8-20-9-7-18/h2-3,10,17H,4-9,15H2,1H3,(H,16,19). The average molecular weight is 278 g/mol. The summed E-state index contributed by atoms with van der Waals surface area (Å²) in [6.45, 7) is 6.81. The molecule has 0 bridgehead atoms. The number of amides is 1. The van der Waals surface area contributed by atoms with Crippen molar-refractivity contribution in [3.05, 3.63) is 29.3 Å². The van der Waals surface area contributed by atoms with Gasteiger partial charge in [-0.2, -0.15) is 0 Å². The molecule has 0 radical (unpaired) electrons. The summed E-state index contributed by atoms with van der Waals surface area (Å²) in [6, 6.07) is 5.56. The van der Waals surface area contributed by atoms with Crippen LogP contribution >= 0.6 is 0 Å². The number of benzene rings is 1. The lowest BCUT2D eigenvalue weighted by molar-refractivity contribution is 0.0383. The largest absolute Gasteiger partial charge is 0.379 e. The molecule has 2 rings (SSSR count). The zero-order valence-electron chi connectivity index (χ0n) is 11.8. The molecule has 1 amide bonds. The van der Waals surface area contributed by atoms with Crippen molar-refractivity contribution in [2.45, 2.75) is 6.92 Å². The van der Waals surface area contributed by atoms with Gasteiger partial charge in [-0.1, -0.05) is 11.6 Å². The number of carbonyl (C=O) groups is 1. The predicted octanol–water partition coefficient (Wildman–Crippen LogP) is 0.343. The van der Waals surface area contributed by atoms with Crippen LogP contribution in [0.5, 0.6) is 0 Å². The second kappa shape index (κ2) is 7.23. The van der Waals surface area contributed by atoms with E-state index < -0.39 is 0 Å². The van der Waals surface area contributed by atoms with Gasteiger partial charge in [0.1, 0.15) is 0 Å². The van der Waals surface area contributed by atoms with E-state index in [4.69, 9.17) is 10.6 Å². The first-order valence-electron chi connectivity index (χ1n) is 6.86. The fourth-order valence-electron chi connectivity index (χ4n) is 2.22. The number of carbonyl (C=O) groups excluding carboxylic acids is 1. The van der Waals surface area contributed by atoms with E-state index in [2.05, 4.69) is 15.6 Å². The van der Waals surface area contributed by atoms with Crippen LogP contribution in [0, 0.1) is 6.92 Å². The molecule has 0 atom stereocenters. The van der Waals surface area contributed by atoms with Crippen LogP contribution < -0.4 is 16.6 Å². The lowest BCUT2D eigenvalue weighted by Crippen LogP contribution is -2.41. The van der Waals surface area contributed by atoms with Crippen LogP contribution in [0.1, 0.15) is 15.9 Å². The van der Waals surface area contributed by atoms with Gasteiger partial charge >= 0.3 is 0 Å². The first-order valence-corrected chi connectivity index (χ1v) is 6.86. The fraction of sp³-hybridized carbons (Fsp3) is 0.500. The quantitative estimate of drug-likeness (QED) is 0.535. The van der Waals surface area contributed by atoms with Crippen LogP contribution in [0.25, 0.3) is 0 Å². The van der Waals surface area contributed by atoms with Crippen LogP contribution in [0.15, 0.2) is 18.2 Å². The highest BCUT2D eigenvalue weighted by molar-refractivity contribution is 5.99. The number of nitrogens with zero attached hydrogens (tertiary/aromatic N) is 1. The third kappa shape index (κ3) is 3.93. The predicted molar refractivity (Wildman–Crippen MR) is 78.6 cm³/mol. The number of hydrogen-bond acceptors (Lipinski definition) is 5. The van der Waals surface area contributed by atoms with Gasteiger partial charge < -0.3 is 15.5 Å². The van der Waals surface area contributed by atoms with E-state index in [1.165, 1.54) is 0 Å². The zero-order valence-corrected chi connectivity index (χ0v) is 11.8. The zero-order chi connectivity index (χ0) is 14.4. The van der Waals surface area contributed by atoms with Gasteiger partial charge in [-0.15, -0.1) is 0 Å². The smallest absolute Gasteiger partial charge is 0.253 e. The second-order valence-corrected chi connectivity index (χ2v) is 4.90. The van der Waals surface area contributed by atoms with Crippen molar-refractivity contribution in [1.82, 2.24) is 10.2 Å². The third-order valence-corrected chi connectivity index (χ3v) is 3.39. The summed E-state index contributed by atoms with van der Waals surface area (Å²) in [5.74, 6) is 5.33. The summed E-state index contributed by atoms with van der Waals surface area (Å²) in [6.07, 6.45) is 0. The molecule has 1 fully saturated rings. The molecule has 0 aliphatic carbocycles. The normalized spacial score (nSPS) is 15.9. The number of nitrogens with one attached hydrogen (secondary N) is 2. The molecule has 1 aliphatic rings. The van der Waals surface area contributed by atoms with Gasteiger partial charge in [-0.3, -0.25) is 15.5 Å². The van der Waals surface area contributed by atoms with Crippen LogP contribution in [0.3, 0.4) is 0 Å². The number of aryl methyl sites for hydroxylation is 1. The summed E-state index contributed by atoms with van der Waals surface area (Å²) in [5.41, 5.74) is 4.80. The van der Waals surface area contributed by atoms with Crippen LogP contribution in [-0.2, 0) is 4.74 Å².